The molecule has 1 aromatic rings. The van der Waals surface area contributed by atoms with Gasteiger partial charge in [-0.05, 0) is 24.1 Å². The quantitative estimate of drug-likeness (QED) is 0.831. The molecule has 0 bridgehead atoms. The molecule has 0 heterocycles. The number of methoxy groups -OCH3 is 2. The Labute approximate surface area is 114 Å². The van der Waals surface area contributed by atoms with Crippen LogP contribution in [0, 0.1) is 0 Å². The predicted molar refractivity (Wildman–Crippen MR) is 76.2 cm³/mol. The summed E-state index contributed by atoms with van der Waals surface area (Å²) in [5.74, 6) is 1.25. The number of rotatable bonds is 5. The number of ketones is 1. The van der Waals surface area contributed by atoms with E-state index in [2.05, 4.69) is 20.8 Å². The molecule has 1 rings (SSSR count). The SMILES string of the molecule is COc1cc(C(C)(C)C)c(OC)cc1C(=O)CCN. The van der Waals surface area contributed by atoms with Crippen LogP contribution in [0.15, 0.2) is 12.1 Å². The maximum atomic E-state index is 12.0. The number of ether oxygens (including phenoxy) is 2. The van der Waals surface area contributed by atoms with Crippen LogP contribution in [-0.2, 0) is 5.41 Å². The first-order valence-electron chi connectivity index (χ1n) is 6.35. The van der Waals surface area contributed by atoms with Crippen LogP contribution in [0.1, 0.15) is 43.1 Å². The second-order valence-corrected chi connectivity index (χ2v) is 5.46. The van der Waals surface area contributed by atoms with Crippen molar-refractivity contribution >= 4 is 5.78 Å². The van der Waals surface area contributed by atoms with Gasteiger partial charge in [0.2, 0.25) is 0 Å². The summed E-state index contributed by atoms with van der Waals surface area (Å²) in [6.07, 6.45) is 0.300. The van der Waals surface area contributed by atoms with Crippen molar-refractivity contribution in [2.75, 3.05) is 20.8 Å². The number of carbonyl (C=O) groups is 1. The Balaban J connectivity index is 3.39. The van der Waals surface area contributed by atoms with Crippen molar-refractivity contribution < 1.29 is 14.3 Å². The van der Waals surface area contributed by atoms with E-state index in [4.69, 9.17) is 15.2 Å². The van der Waals surface area contributed by atoms with Crippen LogP contribution in [0.5, 0.6) is 11.5 Å². The minimum atomic E-state index is -0.0892. The van der Waals surface area contributed by atoms with Crippen LogP contribution < -0.4 is 15.2 Å². The number of hydrogen-bond acceptors (Lipinski definition) is 4. The maximum Gasteiger partial charge on any atom is 0.167 e. The smallest absolute Gasteiger partial charge is 0.167 e. The number of carbonyl (C=O) groups excluding carboxylic acids is 1. The van der Waals surface area contributed by atoms with Crippen molar-refractivity contribution in [3.05, 3.63) is 23.3 Å². The van der Waals surface area contributed by atoms with E-state index in [0.717, 1.165) is 5.56 Å². The van der Waals surface area contributed by atoms with Crippen LogP contribution in [0.4, 0.5) is 0 Å². The molecule has 0 aromatic heterocycles. The minimum Gasteiger partial charge on any atom is -0.496 e. The molecule has 4 nitrogen and oxygen atoms in total. The monoisotopic (exact) mass is 265 g/mol. The van der Waals surface area contributed by atoms with Crippen molar-refractivity contribution in [3.63, 3.8) is 0 Å². The van der Waals surface area contributed by atoms with E-state index < -0.39 is 0 Å². The Kier molecular flexibility index (Phi) is 4.95. The molecule has 0 unspecified atom stereocenters. The first kappa shape index (κ1) is 15.5. The lowest BCUT2D eigenvalue weighted by molar-refractivity contribution is 0.0982. The molecule has 19 heavy (non-hydrogen) atoms. The summed E-state index contributed by atoms with van der Waals surface area (Å²) < 4.78 is 10.7. The van der Waals surface area contributed by atoms with Gasteiger partial charge >= 0.3 is 0 Å². The third-order valence-electron chi connectivity index (χ3n) is 3.00. The van der Waals surface area contributed by atoms with Gasteiger partial charge in [-0.2, -0.15) is 0 Å². The lowest BCUT2D eigenvalue weighted by Gasteiger charge is -2.24. The fourth-order valence-electron chi connectivity index (χ4n) is 1.97. The average molecular weight is 265 g/mol. The molecule has 106 valence electrons. The lowest BCUT2D eigenvalue weighted by atomic mass is 9.85. The van der Waals surface area contributed by atoms with E-state index >= 15 is 0 Å². The highest BCUT2D eigenvalue weighted by molar-refractivity contribution is 5.99. The zero-order valence-electron chi connectivity index (χ0n) is 12.4. The summed E-state index contributed by atoms with van der Waals surface area (Å²) in [4.78, 5) is 12.0. The molecule has 0 aliphatic rings. The van der Waals surface area contributed by atoms with Gasteiger partial charge < -0.3 is 15.2 Å². The number of hydrogen-bond donors (Lipinski definition) is 1. The first-order chi connectivity index (χ1) is 8.85. The fraction of sp³-hybridized carbons (Fsp3) is 0.533. The second-order valence-electron chi connectivity index (χ2n) is 5.46. The third kappa shape index (κ3) is 3.47. The molecule has 1 aromatic carbocycles. The van der Waals surface area contributed by atoms with Crippen LogP contribution >= 0.6 is 0 Å². The topological polar surface area (TPSA) is 61.5 Å². The molecule has 0 saturated carbocycles. The summed E-state index contributed by atoms with van der Waals surface area (Å²) in [6, 6.07) is 3.62. The van der Waals surface area contributed by atoms with E-state index in [-0.39, 0.29) is 11.2 Å². The molecule has 0 spiro atoms. The number of nitrogens with two attached hydrogens (primary N) is 1. The molecule has 0 aliphatic carbocycles. The molecule has 0 atom stereocenters. The van der Waals surface area contributed by atoms with E-state index in [0.29, 0.717) is 30.0 Å². The highest BCUT2D eigenvalue weighted by atomic mass is 16.5. The van der Waals surface area contributed by atoms with Crippen molar-refractivity contribution in [3.8, 4) is 11.5 Å². The van der Waals surface area contributed by atoms with Gasteiger partial charge in [0.15, 0.2) is 5.78 Å². The summed E-state index contributed by atoms with van der Waals surface area (Å²) in [7, 11) is 3.17. The van der Waals surface area contributed by atoms with E-state index in [9.17, 15) is 4.79 Å². The average Bonchev–Trinajstić information content (AvgIpc) is 2.36. The van der Waals surface area contributed by atoms with Crippen molar-refractivity contribution in [2.45, 2.75) is 32.6 Å². The maximum absolute atomic E-state index is 12.0. The normalized spacial score (nSPS) is 11.3. The fourth-order valence-corrected chi connectivity index (χ4v) is 1.97. The number of benzene rings is 1. The molecule has 0 fully saturated rings. The number of Topliss-reactive ketones (excluding diaryl/α,β-unsaturated/α-hetero) is 1. The Hall–Kier alpha value is -1.55. The molecule has 0 aliphatic heterocycles. The molecular weight excluding hydrogens is 242 g/mol. The zero-order chi connectivity index (χ0) is 14.6. The Morgan fingerprint density at radius 3 is 2.16 bits per heavy atom. The Bertz CT molecular complexity index is 461. The van der Waals surface area contributed by atoms with Gasteiger partial charge in [-0.15, -0.1) is 0 Å². The third-order valence-corrected chi connectivity index (χ3v) is 3.00. The van der Waals surface area contributed by atoms with Crippen LogP contribution in [0.2, 0.25) is 0 Å². The summed E-state index contributed by atoms with van der Waals surface area (Å²) in [6.45, 7) is 6.59. The summed E-state index contributed by atoms with van der Waals surface area (Å²) in [5.41, 5.74) is 6.88. The standard InChI is InChI=1S/C15H23NO3/c1-15(2,3)11-9-13(18-4)10(8-14(11)19-5)12(17)6-7-16/h8-9H,6-7,16H2,1-5H3. The summed E-state index contributed by atoms with van der Waals surface area (Å²) >= 11 is 0. The molecule has 2 N–H and O–H groups in total. The van der Waals surface area contributed by atoms with E-state index in [1.807, 2.05) is 6.07 Å². The van der Waals surface area contributed by atoms with E-state index in [1.165, 1.54) is 0 Å². The van der Waals surface area contributed by atoms with Crippen molar-refractivity contribution in [1.29, 1.82) is 0 Å². The minimum absolute atomic E-state index is 0.0295. The van der Waals surface area contributed by atoms with Gasteiger partial charge in [0.05, 0.1) is 19.8 Å². The van der Waals surface area contributed by atoms with Gasteiger partial charge in [0, 0.05) is 12.0 Å². The molecule has 0 amide bonds. The molecule has 0 saturated heterocycles. The van der Waals surface area contributed by atoms with Gasteiger partial charge in [-0.25, -0.2) is 0 Å². The van der Waals surface area contributed by atoms with Crippen molar-refractivity contribution in [1.82, 2.24) is 0 Å². The Morgan fingerprint density at radius 1 is 1.16 bits per heavy atom. The first-order valence-corrected chi connectivity index (χ1v) is 6.35. The highest BCUT2D eigenvalue weighted by Gasteiger charge is 2.23. The van der Waals surface area contributed by atoms with Gasteiger partial charge in [0.1, 0.15) is 11.5 Å². The zero-order valence-corrected chi connectivity index (χ0v) is 12.4. The lowest BCUT2D eigenvalue weighted by Crippen LogP contribution is -2.15. The molecule has 0 radical (unpaired) electrons. The molecular formula is C15H23NO3. The van der Waals surface area contributed by atoms with E-state index in [1.54, 1.807) is 20.3 Å². The largest absolute Gasteiger partial charge is 0.496 e. The second kappa shape index (κ2) is 6.06. The van der Waals surface area contributed by atoms with Gasteiger partial charge in [-0.1, -0.05) is 20.8 Å². The highest BCUT2D eigenvalue weighted by Crippen LogP contribution is 2.37. The van der Waals surface area contributed by atoms with Gasteiger partial charge in [-0.3, -0.25) is 4.79 Å². The van der Waals surface area contributed by atoms with Crippen LogP contribution in [0.25, 0.3) is 0 Å². The van der Waals surface area contributed by atoms with Crippen LogP contribution in [0.3, 0.4) is 0 Å². The van der Waals surface area contributed by atoms with Crippen LogP contribution in [-0.4, -0.2) is 26.5 Å². The Morgan fingerprint density at radius 2 is 1.74 bits per heavy atom. The van der Waals surface area contributed by atoms with Gasteiger partial charge in [0.25, 0.3) is 0 Å². The molecule has 4 heteroatoms. The van der Waals surface area contributed by atoms with Crippen molar-refractivity contribution in [2.24, 2.45) is 5.73 Å². The predicted octanol–water partition coefficient (Wildman–Crippen LogP) is 2.53. The summed E-state index contributed by atoms with van der Waals surface area (Å²) in [5, 5.41) is 0.